The predicted octanol–water partition coefficient (Wildman–Crippen LogP) is 1.85. The van der Waals surface area contributed by atoms with Crippen molar-refractivity contribution in [3.05, 3.63) is 36.7 Å². The Morgan fingerprint density at radius 2 is 2.23 bits per heavy atom. The number of hydrogen-bond donors (Lipinski definition) is 3. The van der Waals surface area contributed by atoms with E-state index in [-0.39, 0.29) is 36.8 Å². The highest BCUT2D eigenvalue weighted by Crippen LogP contribution is 2.19. The molecular weight excluding hydrogens is 327 g/mol. The molecule has 1 aliphatic heterocycles. The average molecular weight is 345 g/mol. The van der Waals surface area contributed by atoms with Crippen LogP contribution in [0.2, 0.25) is 0 Å². The largest absolute Gasteiger partial charge is 0.378 e. The number of carbonyl (C=O) groups excluding carboxylic acids is 1. The van der Waals surface area contributed by atoms with Gasteiger partial charge in [0, 0.05) is 30.2 Å². The third-order valence-corrected chi connectivity index (χ3v) is 3.14. The van der Waals surface area contributed by atoms with Gasteiger partial charge in [-0.15, -0.1) is 24.8 Å². The minimum Gasteiger partial charge on any atom is -0.378 e. The zero-order valence-corrected chi connectivity index (χ0v) is 13.4. The number of morpholine rings is 1. The van der Waals surface area contributed by atoms with E-state index in [1.807, 2.05) is 24.3 Å². The summed E-state index contributed by atoms with van der Waals surface area (Å²) in [7, 11) is 0. The molecule has 1 aromatic heterocycles. The minimum atomic E-state index is -0.295. The van der Waals surface area contributed by atoms with E-state index >= 15 is 0 Å². The average Bonchev–Trinajstić information content (AvgIpc) is 3.03. The summed E-state index contributed by atoms with van der Waals surface area (Å²) < 4.78 is 5.29. The molecule has 2 aromatic rings. The van der Waals surface area contributed by atoms with Gasteiger partial charge in [-0.1, -0.05) is 12.1 Å². The maximum atomic E-state index is 12.1. The molecule has 1 unspecified atom stereocenters. The van der Waals surface area contributed by atoms with E-state index in [1.165, 1.54) is 0 Å². The van der Waals surface area contributed by atoms with Crippen LogP contribution in [0.1, 0.15) is 0 Å². The van der Waals surface area contributed by atoms with Gasteiger partial charge in [0.1, 0.15) is 11.9 Å². The van der Waals surface area contributed by atoms with Gasteiger partial charge in [-0.05, 0) is 12.1 Å². The van der Waals surface area contributed by atoms with Gasteiger partial charge in [-0.2, -0.15) is 0 Å². The third-order valence-electron chi connectivity index (χ3n) is 3.14. The van der Waals surface area contributed by atoms with Gasteiger partial charge < -0.3 is 20.4 Å². The van der Waals surface area contributed by atoms with E-state index in [2.05, 4.69) is 20.6 Å². The lowest BCUT2D eigenvalue weighted by atomic mass is 10.2. The van der Waals surface area contributed by atoms with Crippen LogP contribution in [0.15, 0.2) is 36.7 Å². The number of benzene rings is 1. The van der Waals surface area contributed by atoms with E-state index < -0.39 is 0 Å². The first-order valence-corrected chi connectivity index (χ1v) is 6.55. The van der Waals surface area contributed by atoms with E-state index in [9.17, 15) is 4.79 Å². The number of halogens is 2. The number of anilines is 1. The molecule has 0 aliphatic carbocycles. The van der Waals surface area contributed by atoms with Crippen molar-refractivity contribution >= 4 is 36.4 Å². The summed E-state index contributed by atoms with van der Waals surface area (Å²) in [4.78, 5) is 19.3. The van der Waals surface area contributed by atoms with Gasteiger partial charge in [-0.25, -0.2) is 4.98 Å². The molecule has 0 radical (unpaired) electrons. The van der Waals surface area contributed by atoms with Crippen molar-refractivity contribution in [2.24, 2.45) is 0 Å². The second-order valence-corrected chi connectivity index (χ2v) is 4.59. The minimum absolute atomic E-state index is 0. The maximum absolute atomic E-state index is 12.1. The highest BCUT2D eigenvalue weighted by molar-refractivity contribution is 5.95. The van der Waals surface area contributed by atoms with E-state index in [0.29, 0.717) is 19.8 Å². The van der Waals surface area contributed by atoms with Crippen LogP contribution in [-0.4, -0.2) is 41.7 Å². The molecule has 1 aliphatic rings. The summed E-state index contributed by atoms with van der Waals surface area (Å²) >= 11 is 0. The van der Waals surface area contributed by atoms with Crippen LogP contribution in [-0.2, 0) is 9.53 Å². The molecule has 120 valence electrons. The highest BCUT2D eigenvalue weighted by atomic mass is 35.5. The highest BCUT2D eigenvalue weighted by Gasteiger charge is 2.21. The Labute approximate surface area is 140 Å². The number of carbonyl (C=O) groups is 1. The number of nitrogens with one attached hydrogen (secondary N) is 3. The van der Waals surface area contributed by atoms with Gasteiger partial charge in [0.25, 0.3) is 0 Å². The molecule has 0 bridgehead atoms. The van der Waals surface area contributed by atoms with Gasteiger partial charge in [0.05, 0.1) is 13.2 Å². The van der Waals surface area contributed by atoms with Gasteiger partial charge in [0.2, 0.25) is 5.91 Å². The summed E-state index contributed by atoms with van der Waals surface area (Å²) in [6, 6.07) is 7.28. The van der Waals surface area contributed by atoms with E-state index in [4.69, 9.17) is 4.74 Å². The molecule has 3 N–H and O–H groups in total. The number of aromatic nitrogens is 2. The molecule has 0 spiro atoms. The normalized spacial score (nSPS) is 17.0. The first-order chi connectivity index (χ1) is 9.83. The van der Waals surface area contributed by atoms with Crippen molar-refractivity contribution in [1.82, 2.24) is 15.3 Å². The number of nitrogens with zero attached hydrogens (tertiary/aromatic N) is 1. The summed E-state index contributed by atoms with van der Waals surface area (Å²) in [6.45, 7) is 1.76. The summed E-state index contributed by atoms with van der Waals surface area (Å²) in [5.74, 6) is 0.696. The number of aromatic amines is 1. The summed E-state index contributed by atoms with van der Waals surface area (Å²) in [6.07, 6.45) is 3.47. The van der Waals surface area contributed by atoms with Crippen molar-refractivity contribution in [3.63, 3.8) is 0 Å². The van der Waals surface area contributed by atoms with Gasteiger partial charge in [0.15, 0.2) is 0 Å². The fourth-order valence-corrected chi connectivity index (χ4v) is 2.13. The van der Waals surface area contributed by atoms with Gasteiger partial charge >= 0.3 is 0 Å². The number of imidazole rings is 1. The maximum Gasteiger partial charge on any atom is 0.243 e. The molecule has 1 amide bonds. The van der Waals surface area contributed by atoms with E-state index in [0.717, 1.165) is 17.1 Å². The Hall–Kier alpha value is -1.60. The third kappa shape index (κ3) is 4.45. The predicted molar refractivity (Wildman–Crippen MR) is 89.8 cm³/mol. The second-order valence-electron chi connectivity index (χ2n) is 4.59. The lowest BCUT2D eigenvalue weighted by molar-refractivity contribution is -0.120. The SMILES string of the molecule is Cl.Cl.O=C(Nc1cccc(-c2ncc[nH]2)c1)C1COCCN1. The Morgan fingerprint density at radius 1 is 1.36 bits per heavy atom. The molecule has 0 saturated carbocycles. The summed E-state index contributed by atoms with van der Waals surface area (Å²) in [5.41, 5.74) is 1.68. The van der Waals surface area contributed by atoms with Crippen molar-refractivity contribution in [1.29, 1.82) is 0 Å². The fourth-order valence-electron chi connectivity index (χ4n) is 2.13. The monoisotopic (exact) mass is 344 g/mol. The molecule has 22 heavy (non-hydrogen) atoms. The first-order valence-electron chi connectivity index (χ1n) is 6.55. The van der Waals surface area contributed by atoms with Crippen LogP contribution in [0, 0.1) is 0 Å². The second kappa shape index (κ2) is 8.75. The van der Waals surface area contributed by atoms with Crippen molar-refractivity contribution in [3.8, 4) is 11.4 Å². The number of H-pyrrole nitrogens is 1. The van der Waals surface area contributed by atoms with Crippen LogP contribution in [0.25, 0.3) is 11.4 Å². The number of amides is 1. The molecule has 6 nitrogen and oxygen atoms in total. The van der Waals surface area contributed by atoms with Crippen LogP contribution in [0.4, 0.5) is 5.69 Å². The molecule has 2 heterocycles. The van der Waals surface area contributed by atoms with Crippen LogP contribution < -0.4 is 10.6 Å². The smallest absolute Gasteiger partial charge is 0.243 e. The molecular formula is C14H18Cl2N4O2. The fraction of sp³-hybridized carbons (Fsp3) is 0.286. The van der Waals surface area contributed by atoms with Crippen LogP contribution in [0.3, 0.4) is 0 Å². The Balaban J connectivity index is 0.00000121. The lowest BCUT2D eigenvalue weighted by Gasteiger charge is -2.22. The number of rotatable bonds is 3. The van der Waals surface area contributed by atoms with Crippen LogP contribution >= 0.6 is 24.8 Å². The van der Waals surface area contributed by atoms with Crippen molar-refractivity contribution in [2.75, 3.05) is 25.1 Å². The quantitative estimate of drug-likeness (QED) is 0.793. The zero-order chi connectivity index (χ0) is 13.8. The zero-order valence-electron chi connectivity index (χ0n) is 11.7. The van der Waals surface area contributed by atoms with Gasteiger partial charge in [-0.3, -0.25) is 4.79 Å². The molecule has 1 fully saturated rings. The molecule has 1 saturated heterocycles. The first kappa shape index (κ1) is 18.4. The van der Waals surface area contributed by atoms with Crippen LogP contribution in [0.5, 0.6) is 0 Å². The number of ether oxygens (including phenoxy) is 1. The summed E-state index contributed by atoms with van der Waals surface area (Å²) in [5, 5.41) is 6.02. The Morgan fingerprint density at radius 3 is 2.91 bits per heavy atom. The lowest BCUT2D eigenvalue weighted by Crippen LogP contribution is -2.48. The van der Waals surface area contributed by atoms with E-state index in [1.54, 1.807) is 12.4 Å². The standard InChI is InChI=1S/C14H16N4O2.2ClH/c19-14(12-9-20-7-6-15-12)18-11-3-1-2-10(8-11)13-16-4-5-17-13;;/h1-5,8,12,15H,6-7,9H2,(H,16,17)(H,18,19);2*1H. The molecule has 1 atom stereocenters. The molecule has 3 rings (SSSR count). The molecule has 1 aromatic carbocycles. The topological polar surface area (TPSA) is 79.0 Å². The number of hydrogen-bond acceptors (Lipinski definition) is 4. The Bertz CT molecular complexity index is 586. The Kier molecular flexibility index (Phi) is 7.34. The van der Waals surface area contributed by atoms with Crippen molar-refractivity contribution < 1.29 is 9.53 Å². The van der Waals surface area contributed by atoms with Crippen molar-refractivity contribution in [2.45, 2.75) is 6.04 Å². The molecule has 8 heteroatoms.